The molecule has 1 aromatic carbocycles. The molecule has 1 rings (SSSR count). The van der Waals surface area contributed by atoms with Gasteiger partial charge in [0.15, 0.2) is 0 Å². The van der Waals surface area contributed by atoms with Crippen LogP contribution in [0.1, 0.15) is 44.7 Å². The molecule has 1 aromatic rings. The second-order valence-corrected chi connectivity index (χ2v) is 5.68. The summed E-state index contributed by atoms with van der Waals surface area (Å²) in [5.41, 5.74) is 1.51. The van der Waals surface area contributed by atoms with Crippen LogP contribution in [0.5, 0.6) is 5.75 Å². The second-order valence-electron chi connectivity index (χ2n) is 5.68. The summed E-state index contributed by atoms with van der Waals surface area (Å²) in [6, 6.07) is 6.13. The van der Waals surface area contributed by atoms with Gasteiger partial charge in [0, 0.05) is 6.92 Å². The van der Waals surface area contributed by atoms with E-state index >= 15 is 0 Å². The summed E-state index contributed by atoms with van der Waals surface area (Å²) in [4.78, 5) is 22.2. The minimum atomic E-state index is -0.880. The summed E-state index contributed by atoms with van der Waals surface area (Å²) < 4.78 is 9.79. The molecule has 1 N–H and O–H groups in total. The number of benzene rings is 1. The maximum atomic E-state index is 11.3. The van der Waals surface area contributed by atoms with E-state index in [-0.39, 0.29) is 5.91 Å². The van der Waals surface area contributed by atoms with E-state index in [0.717, 1.165) is 12.2 Å². The molecule has 0 heterocycles. The van der Waals surface area contributed by atoms with Gasteiger partial charge in [-0.25, -0.2) is 4.79 Å². The molecule has 5 heteroatoms. The second kappa shape index (κ2) is 9.87. The zero-order chi connectivity index (χ0) is 18.0. The van der Waals surface area contributed by atoms with Gasteiger partial charge >= 0.3 is 5.97 Å². The van der Waals surface area contributed by atoms with Crippen LogP contribution in [0.2, 0.25) is 0 Å². The molecule has 0 aromatic heterocycles. The van der Waals surface area contributed by atoms with Gasteiger partial charge in [-0.2, -0.15) is 0 Å². The van der Waals surface area contributed by atoms with Crippen LogP contribution in [-0.4, -0.2) is 31.6 Å². The third-order valence-electron chi connectivity index (χ3n) is 3.45. The third-order valence-corrected chi connectivity index (χ3v) is 3.45. The van der Waals surface area contributed by atoms with Gasteiger partial charge in [-0.3, -0.25) is 4.79 Å². The van der Waals surface area contributed by atoms with Crippen LogP contribution >= 0.6 is 0 Å². The van der Waals surface area contributed by atoms with Gasteiger partial charge in [0.05, 0.1) is 14.2 Å². The molecule has 0 spiro atoms. The Bertz CT molecular complexity index is 508. The quantitative estimate of drug-likeness (QED) is 0.845. The number of ether oxygens (including phenoxy) is 2. The van der Waals surface area contributed by atoms with Crippen LogP contribution < -0.4 is 10.1 Å². The van der Waals surface area contributed by atoms with E-state index in [4.69, 9.17) is 4.74 Å². The zero-order valence-electron chi connectivity index (χ0n) is 15.3. The molecule has 130 valence electrons. The van der Waals surface area contributed by atoms with Crippen LogP contribution in [0.25, 0.3) is 0 Å². The largest absolute Gasteiger partial charge is 0.496 e. The Labute approximate surface area is 139 Å². The van der Waals surface area contributed by atoms with Crippen LogP contribution in [0.4, 0.5) is 0 Å². The summed E-state index contributed by atoms with van der Waals surface area (Å²) in [6.07, 6.45) is 1.39. The van der Waals surface area contributed by atoms with E-state index in [1.54, 1.807) is 14.0 Å². The molecule has 0 saturated heterocycles. The van der Waals surface area contributed by atoms with Crippen LogP contribution in [-0.2, 0) is 14.3 Å². The lowest BCUT2D eigenvalue weighted by atomic mass is 9.96. The molecule has 0 aliphatic heterocycles. The minimum absolute atomic E-state index is 0.221. The molecule has 1 atom stereocenters. The molecule has 1 amide bonds. The number of methoxy groups -OCH3 is 2. The molecule has 0 aliphatic rings. The van der Waals surface area contributed by atoms with Gasteiger partial charge in [0.2, 0.25) is 5.91 Å². The molecule has 23 heavy (non-hydrogen) atoms. The molecule has 0 bridgehead atoms. The maximum absolute atomic E-state index is 11.3. The summed E-state index contributed by atoms with van der Waals surface area (Å²) in [5, 5.41) is 2.59. The molecular formula is C18H29NO4. The van der Waals surface area contributed by atoms with E-state index in [1.165, 1.54) is 25.2 Å². The van der Waals surface area contributed by atoms with Crippen molar-refractivity contribution in [2.75, 3.05) is 14.2 Å². The number of para-hydroxylation sites is 1. The predicted octanol–water partition coefficient (Wildman–Crippen LogP) is 3.17. The normalized spacial score (nSPS) is 12.3. The SMILES string of the molecule is CCCC(C)(NC(C)=O)C(=O)OC.COc1c(C)cccc1C. The highest BCUT2D eigenvalue weighted by molar-refractivity contribution is 5.86. The van der Waals surface area contributed by atoms with E-state index in [9.17, 15) is 9.59 Å². The molecule has 0 fully saturated rings. The Hall–Kier alpha value is -2.04. The molecule has 0 aliphatic carbocycles. The summed E-state index contributed by atoms with van der Waals surface area (Å²) in [6.45, 7) is 9.10. The zero-order valence-corrected chi connectivity index (χ0v) is 15.3. The Balaban J connectivity index is 0.000000433. The van der Waals surface area contributed by atoms with Gasteiger partial charge in [0.25, 0.3) is 0 Å². The number of rotatable bonds is 5. The van der Waals surface area contributed by atoms with Crippen molar-refractivity contribution in [3.8, 4) is 5.75 Å². The average Bonchev–Trinajstić information content (AvgIpc) is 2.46. The predicted molar refractivity (Wildman–Crippen MR) is 91.6 cm³/mol. The van der Waals surface area contributed by atoms with Crippen molar-refractivity contribution in [1.82, 2.24) is 5.32 Å². The lowest BCUT2D eigenvalue weighted by Crippen LogP contribution is -2.52. The monoisotopic (exact) mass is 323 g/mol. The standard InChI is InChI=1S/C9H17NO3.C9H12O/c1-5-6-9(3,8(12)13-4)10-7(2)11;1-7-5-4-6-8(2)9(7)10-3/h5-6H2,1-4H3,(H,10,11);4-6H,1-3H3. The third kappa shape index (κ3) is 6.72. The van der Waals surface area contributed by atoms with Crippen molar-refractivity contribution in [1.29, 1.82) is 0 Å². The van der Waals surface area contributed by atoms with Crippen LogP contribution in [0.15, 0.2) is 18.2 Å². The van der Waals surface area contributed by atoms with Gasteiger partial charge in [-0.1, -0.05) is 31.5 Å². The fraction of sp³-hybridized carbons (Fsp3) is 0.556. The van der Waals surface area contributed by atoms with Crippen LogP contribution in [0, 0.1) is 13.8 Å². The van der Waals surface area contributed by atoms with Gasteiger partial charge < -0.3 is 14.8 Å². The molecule has 1 unspecified atom stereocenters. The molecular weight excluding hydrogens is 294 g/mol. The maximum Gasteiger partial charge on any atom is 0.331 e. The van der Waals surface area contributed by atoms with Crippen molar-refractivity contribution < 1.29 is 19.1 Å². The Morgan fingerprint density at radius 2 is 1.70 bits per heavy atom. The van der Waals surface area contributed by atoms with E-state index < -0.39 is 11.5 Å². The van der Waals surface area contributed by atoms with E-state index in [1.807, 2.05) is 39.0 Å². The number of aryl methyl sites for hydroxylation is 2. The van der Waals surface area contributed by atoms with Crippen molar-refractivity contribution >= 4 is 11.9 Å². The first-order chi connectivity index (χ1) is 10.7. The molecule has 5 nitrogen and oxygen atoms in total. The first kappa shape index (κ1) is 21.0. The summed E-state index contributed by atoms with van der Waals surface area (Å²) >= 11 is 0. The molecule has 0 saturated carbocycles. The highest BCUT2D eigenvalue weighted by Gasteiger charge is 2.33. The number of amides is 1. The number of hydrogen-bond donors (Lipinski definition) is 1. The van der Waals surface area contributed by atoms with Gasteiger partial charge in [-0.05, 0) is 38.3 Å². The lowest BCUT2D eigenvalue weighted by Gasteiger charge is -2.26. The summed E-state index contributed by atoms with van der Waals surface area (Å²) in [7, 11) is 3.02. The minimum Gasteiger partial charge on any atom is -0.496 e. The number of carbonyl (C=O) groups excluding carboxylic acids is 2. The average molecular weight is 323 g/mol. The molecule has 0 radical (unpaired) electrons. The number of hydrogen-bond acceptors (Lipinski definition) is 4. The number of nitrogens with one attached hydrogen (secondary N) is 1. The number of carbonyl (C=O) groups is 2. The highest BCUT2D eigenvalue weighted by Crippen LogP contribution is 2.21. The van der Waals surface area contributed by atoms with Gasteiger partial charge in [-0.15, -0.1) is 0 Å². The van der Waals surface area contributed by atoms with Gasteiger partial charge in [0.1, 0.15) is 11.3 Å². The lowest BCUT2D eigenvalue weighted by molar-refractivity contribution is -0.150. The van der Waals surface area contributed by atoms with E-state index in [0.29, 0.717) is 6.42 Å². The number of esters is 1. The fourth-order valence-electron chi connectivity index (χ4n) is 2.45. The highest BCUT2D eigenvalue weighted by atomic mass is 16.5. The topological polar surface area (TPSA) is 64.6 Å². The van der Waals surface area contributed by atoms with Crippen molar-refractivity contribution in [3.05, 3.63) is 29.3 Å². The smallest absolute Gasteiger partial charge is 0.331 e. The first-order valence-electron chi connectivity index (χ1n) is 7.69. The van der Waals surface area contributed by atoms with Crippen molar-refractivity contribution in [2.24, 2.45) is 0 Å². The Morgan fingerprint density at radius 3 is 2.00 bits per heavy atom. The van der Waals surface area contributed by atoms with Crippen molar-refractivity contribution in [3.63, 3.8) is 0 Å². The Morgan fingerprint density at radius 1 is 1.17 bits per heavy atom. The first-order valence-corrected chi connectivity index (χ1v) is 7.69. The van der Waals surface area contributed by atoms with Crippen molar-refractivity contribution in [2.45, 2.75) is 53.0 Å². The Kier molecular flexibility index (Phi) is 9.00. The summed E-state index contributed by atoms with van der Waals surface area (Å²) in [5.74, 6) is 0.383. The fourth-order valence-corrected chi connectivity index (χ4v) is 2.45. The van der Waals surface area contributed by atoms with E-state index in [2.05, 4.69) is 10.1 Å². The van der Waals surface area contributed by atoms with Crippen LogP contribution in [0.3, 0.4) is 0 Å².